The molecule has 0 bridgehead atoms. The van der Waals surface area contributed by atoms with Crippen LogP contribution >= 0.6 is 0 Å². The number of rotatable bonds is 10. The number of benzene rings is 1. The number of hydrogen-bond donors (Lipinski definition) is 4. The second-order valence-electron chi connectivity index (χ2n) is 7.99. The molecule has 2 heterocycles. The summed E-state index contributed by atoms with van der Waals surface area (Å²) in [6.45, 7) is 11.0. The molecule has 3 aromatic rings. The van der Waals surface area contributed by atoms with Crippen molar-refractivity contribution < 1.29 is 9.53 Å². The van der Waals surface area contributed by atoms with Crippen LogP contribution in [0.1, 0.15) is 49.8 Å². The Morgan fingerprint density at radius 1 is 1.25 bits per heavy atom. The molecular formula is C21H31N9O2. The quantitative estimate of drug-likeness (QED) is 0.369. The Bertz CT molecular complexity index is 1100. The van der Waals surface area contributed by atoms with E-state index in [9.17, 15) is 4.79 Å². The van der Waals surface area contributed by atoms with Crippen LogP contribution in [0.15, 0.2) is 18.3 Å². The molecule has 1 amide bonds. The number of nitrogens with one attached hydrogen (secondary N) is 2. The van der Waals surface area contributed by atoms with Gasteiger partial charge in [-0.1, -0.05) is 0 Å². The van der Waals surface area contributed by atoms with Crippen LogP contribution in [-0.2, 0) is 4.74 Å². The molecule has 0 unspecified atom stereocenters. The number of carbonyl (C=O) groups is 1. The predicted molar refractivity (Wildman–Crippen MR) is 124 cm³/mol. The van der Waals surface area contributed by atoms with Gasteiger partial charge in [0, 0.05) is 35.8 Å². The van der Waals surface area contributed by atoms with E-state index in [1.807, 2.05) is 43.8 Å². The van der Waals surface area contributed by atoms with Crippen molar-refractivity contribution in [2.75, 3.05) is 23.8 Å². The largest absolute Gasteiger partial charge is 0.380 e. The number of carbonyl (C=O) groups excluding carboxylic acids is 1. The van der Waals surface area contributed by atoms with Crippen LogP contribution < -0.4 is 22.1 Å². The summed E-state index contributed by atoms with van der Waals surface area (Å²) in [6, 6.07) is 3.69. The van der Waals surface area contributed by atoms with E-state index in [1.165, 1.54) is 0 Å². The first-order valence-corrected chi connectivity index (χ1v) is 10.6. The Labute approximate surface area is 186 Å². The molecule has 11 heteroatoms. The topological polar surface area (TPSA) is 159 Å². The molecule has 2 aromatic heterocycles. The van der Waals surface area contributed by atoms with E-state index in [0.29, 0.717) is 13.2 Å². The molecule has 1 aromatic carbocycles. The highest BCUT2D eigenvalue weighted by molar-refractivity contribution is 5.96. The molecule has 0 saturated heterocycles. The van der Waals surface area contributed by atoms with E-state index in [1.54, 1.807) is 0 Å². The normalized spacial score (nSPS) is 13.3. The number of aromatic nitrogens is 5. The molecule has 172 valence electrons. The summed E-state index contributed by atoms with van der Waals surface area (Å²) in [6.07, 6.45) is 1.81. The fraction of sp³-hybridized carbons (Fsp3) is 0.476. The van der Waals surface area contributed by atoms with Crippen molar-refractivity contribution in [3.05, 3.63) is 29.6 Å². The van der Waals surface area contributed by atoms with Crippen LogP contribution in [0.5, 0.6) is 0 Å². The second kappa shape index (κ2) is 9.88. The van der Waals surface area contributed by atoms with Crippen LogP contribution in [0.3, 0.4) is 0 Å². The lowest BCUT2D eigenvalue weighted by Crippen LogP contribution is -2.42. The zero-order valence-corrected chi connectivity index (χ0v) is 19.1. The molecule has 11 nitrogen and oxygen atoms in total. The number of ether oxygens (including phenoxy) is 1. The van der Waals surface area contributed by atoms with Gasteiger partial charge in [0.2, 0.25) is 5.95 Å². The van der Waals surface area contributed by atoms with Gasteiger partial charge in [0.15, 0.2) is 11.5 Å². The Morgan fingerprint density at radius 2 is 2.00 bits per heavy atom. The molecule has 0 saturated carbocycles. The number of nitrogens with two attached hydrogens (primary N) is 2. The third kappa shape index (κ3) is 5.11. The molecular weight excluding hydrogens is 410 g/mol. The first-order chi connectivity index (χ1) is 15.2. The number of hydrogen-bond acceptors (Lipinski definition) is 9. The van der Waals surface area contributed by atoms with Gasteiger partial charge in [-0.15, -0.1) is 10.2 Å². The van der Waals surface area contributed by atoms with Crippen molar-refractivity contribution in [1.29, 1.82) is 0 Å². The van der Waals surface area contributed by atoms with Gasteiger partial charge < -0.3 is 26.8 Å². The summed E-state index contributed by atoms with van der Waals surface area (Å²) >= 11 is 0. The van der Waals surface area contributed by atoms with E-state index in [2.05, 4.69) is 44.8 Å². The maximum atomic E-state index is 11.9. The fourth-order valence-corrected chi connectivity index (χ4v) is 3.35. The zero-order valence-electron chi connectivity index (χ0n) is 19.1. The van der Waals surface area contributed by atoms with Crippen LogP contribution in [0.4, 0.5) is 17.5 Å². The molecule has 0 aliphatic rings. The Kier molecular flexibility index (Phi) is 7.21. The van der Waals surface area contributed by atoms with Crippen molar-refractivity contribution in [1.82, 2.24) is 25.0 Å². The number of aryl methyl sites for hydroxylation is 1. The molecule has 32 heavy (non-hydrogen) atoms. The number of anilines is 3. The third-order valence-electron chi connectivity index (χ3n) is 5.07. The average molecular weight is 442 g/mol. The minimum absolute atomic E-state index is 0.0579. The van der Waals surface area contributed by atoms with Crippen molar-refractivity contribution in [3.8, 4) is 0 Å². The van der Waals surface area contributed by atoms with Gasteiger partial charge in [-0.3, -0.25) is 9.48 Å². The highest BCUT2D eigenvalue weighted by Crippen LogP contribution is 2.28. The van der Waals surface area contributed by atoms with Crippen LogP contribution in [0.2, 0.25) is 0 Å². The van der Waals surface area contributed by atoms with E-state index in [4.69, 9.17) is 16.2 Å². The number of primary amides is 1. The summed E-state index contributed by atoms with van der Waals surface area (Å²) in [5.74, 6) is -0.302. The lowest BCUT2D eigenvalue weighted by atomic mass is 10.1. The first kappa shape index (κ1) is 23.4. The summed E-state index contributed by atoms with van der Waals surface area (Å²) in [7, 11) is 0. The third-order valence-corrected chi connectivity index (χ3v) is 5.07. The number of amides is 1. The number of nitrogens with zero attached hydrogens (tertiary/aromatic N) is 5. The molecule has 0 fully saturated rings. The average Bonchev–Trinajstić information content (AvgIpc) is 3.16. The monoisotopic (exact) mass is 441 g/mol. The van der Waals surface area contributed by atoms with E-state index >= 15 is 0 Å². The van der Waals surface area contributed by atoms with Gasteiger partial charge in [-0.05, 0) is 52.3 Å². The van der Waals surface area contributed by atoms with E-state index in [0.717, 1.165) is 22.2 Å². The highest BCUT2D eigenvalue weighted by atomic mass is 16.5. The second-order valence-corrected chi connectivity index (χ2v) is 7.99. The van der Waals surface area contributed by atoms with E-state index < -0.39 is 5.91 Å². The zero-order chi connectivity index (χ0) is 23.4. The van der Waals surface area contributed by atoms with E-state index in [-0.39, 0.29) is 35.6 Å². The summed E-state index contributed by atoms with van der Waals surface area (Å²) in [5.41, 5.74) is 14.4. The lowest BCUT2D eigenvalue weighted by Gasteiger charge is -2.21. The predicted octanol–water partition coefficient (Wildman–Crippen LogP) is 2.12. The van der Waals surface area contributed by atoms with Crippen LogP contribution in [0.25, 0.3) is 10.9 Å². The van der Waals surface area contributed by atoms with Gasteiger partial charge >= 0.3 is 0 Å². The van der Waals surface area contributed by atoms with Crippen molar-refractivity contribution in [2.45, 2.75) is 52.7 Å². The maximum Gasteiger partial charge on any atom is 0.273 e. The minimum Gasteiger partial charge on any atom is -0.380 e. The summed E-state index contributed by atoms with van der Waals surface area (Å²) in [4.78, 5) is 16.3. The first-order valence-electron chi connectivity index (χ1n) is 10.6. The Hall–Kier alpha value is -3.31. The highest BCUT2D eigenvalue weighted by Gasteiger charge is 2.19. The maximum absolute atomic E-state index is 11.9. The molecule has 0 aliphatic carbocycles. The van der Waals surface area contributed by atoms with Gasteiger partial charge in [-0.2, -0.15) is 10.1 Å². The Morgan fingerprint density at radius 3 is 2.66 bits per heavy atom. The van der Waals surface area contributed by atoms with Gasteiger partial charge in [0.25, 0.3) is 5.91 Å². The van der Waals surface area contributed by atoms with Gasteiger partial charge in [-0.25, -0.2) is 0 Å². The standard InChI is InChI=1S/C21H31N9O2/c1-6-32-10-16(22)13(5)25-21-27-20(17(19(23)31)28-29-21)26-15-7-12(4)18-14(8-15)9-24-30(18)11(2)3/h7-9,11,13,16H,6,10,22H2,1-5H3,(H2,23,31)(H2,25,26,27,29)/t13-,16+/m1/s1. The van der Waals surface area contributed by atoms with Gasteiger partial charge in [0.05, 0.1) is 18.3 Å². The van der Waals surface area contributed by atoms with Gasteiger partial charge in [0.1, 0.15) is 0 Å². The van der Waals surface area contributed by atoms with Crippen molar-refractivity contribution in [2.24, 2.45) is 11.5 Å². The summed E-state index contributed by atoms with van der Waals surface area (Å²) < 4.78 is 7.34. The summed E-state index contributed by atoms with van der Waals surface area (Å²) in [5, 5.41) is 19.6. The molecule has 2 atom stereocenters. The van der Waals surface area contributed by atoms with Crippen molar-refractivity contribution >= 4 is 34.3 Å². The molecule has 3 rings (SSSR count). The SMILES string of the molecule is CCOC[C@H](N)[C@@H](C)Nc1nnc(C(N)=O)c(Nc2cc(C)c3c(cnn3C(C)C)c2)n1. The van der Waals surface area contributed by atoms with Crippen LogP contribution in [-0.4, -0.2) is 56.2 Å². The fourth-order valence-electron chi connectivity index (χ4n) is 3.35. The molecule has 0 radical (unpaired) electrons. The molecule has 0 aliphatic heterocycles. The molecule has 6 N–H and O–H groups in total. The minimum atomic E-state index is -0.731. The number of fused-ring (bicyclic) bond motifs is 1. The smallest absolute Gasteiger partial charge is 0.273 e. The Balaban J connectivity index is 1.89. The van der Waals surface area contributed by atoms with Crippen molar-refractivity contribution in [3.63, 3.8) is 0 Å². The van der Waals surface area contributed by atoms with Crippen LogP contribution in [0, 0.1) is 6.92 Å². The lowest BCUT2D eigenvalue weighted by molar-refractivity contribution is 0.0995. The molecule has 0 spiro atoms.